The number of aryl methyl sites for hydroxylation is 1. The Morgan fingerprint density at radius 1 is 1.35 bits per heavy atom. The van der Waals surface area contributed by atoms with Gasteiger partial charge in [-0.3, -0.25) is 10.0 Å². The monoisotopic (exact) mass is 250 g/mol. The van der Waals surface area contributed by atoms with Crippen LogP contribution in [-0.2, 0) is 11.2 Å². The maximum absolute atomic E-state index is 10.8. The van der Waals surface area contributed by atoms with Gasteiger partial charge in [0.25, 0.3) is 0 Å². The molecule has 1 heterocycles. The lowest BCUT2D eigenvalue weighted by molar-refractivity contribution is -0.129. The molecule has 0 saturated carbocycles. The third-order valence-corrected chi connectivity index (χ3v) is 3.60. The highest BCUT2D eigenvalue weighted by Gasteiger charge is 2.03. The van der Waals surface area contributed by atoms with Gasteiger partial charge in [0.15, 0.2) is 0 Å². The molecule has 2 aromatic rings. The van der Waals surface area contributed by atoms with E-state index in [0.717, 1.165) is 29.8 Å². The first kappa shape index (κ1) is 12.0. The number of unbranched alkanes of at least 4 members (excludes halogenated alkanes) is 1. The Morgan fingerprint density at radius 2 is 2.18 bits per heavy atom. The molecule has 0 unspecified atom stereocenters. The van der Waals surface area contributed by atoms with E-state index in [9.17, 15) is 4.79 Å². The van der Waals surface area contributed by atoms with Crippen LogP contribution in [0.25, 0.3) is 10.2 Å². The fourth-order valence-corrected chi connectivity index (χ4v) is 2.65. The maximum atomic E-state index is 10.8. The summed E-state index contributed by atoms with van der Waals surface area (Å²) in [6, 6.07) is 8.07. The van der Waals surface area contributed by atoms with Crippen LogP contribution < -0.4 is 5.48 Å². The Labute approximate surface area is 103 Å². The van der Waals surface area contributed by atoms with Crippen LogP contribution in [0, 0.1) is 0 Å². The Kier molecular flexibility index (Phi) is 4.06. The lowest BCUT2D eigenvalue weighted by atomic mass is 10.2. The summed E-state index contributed by atoms with van der Waals surface area (Å²) in [5.74, 6) is -0.325. The topological polar surface area (TPSA) is 62.2 Å². The molecule has 1 aromatic heterocycles. The number of carbonyl (C=O) groups is 1. The van der Waals surface area contributed by atoms with Gasteiger partial charge >= 0.3 is 0 Å². The van der Waals surface area contributed by atoms with E-state index in [-0.39, 0.29) is 5.91 Å². The number of rotatable bonds is 5. The molecule has 0 saturated heterocycles. The average Bonchev–Trinajstić information content (AvgIpc) is 2.76. The third kappa shape index (κ3) is 3.25. The summed E-state index contributed by atoms with van der Waals surface area (Å²) in [5, 5.41) is 9.44. The first-order chi connectivity index (χ1) is 8.29. The van der Waals surface area contributed by atoms with E-state index in [4.69, 9.17) is 5.21 Å². The number of carbonyl (C=O) groups excluding carboxylic acids is 1. The molecule has 90 valence electrons. The third-order valence-electron chi connectivity index (χ3n) is 2.51. The number of fused-ring (bicyclic) bond motifs is 1. The van der Waals surface area contributed by atoms with Crippen LogP contribution >= 0.6 is 11.3 Å². The summed E-state index contributed by atoms with van der Waals surface area (Å²) in [7, 11) is 0. The second-order valence-electron chi connectivity index (χ2n) is 3.82. The Bertz CT molecular complexity index is 477. The normalized spacial score (nSPS) is 10.6. The van der Waals surface area contributed by atoms with Gasteiger partial charge in [-0.2, -0.15) is 0 Å². The van der Waals surface area contributed by atoms with Gasteiger partial charge in [-0.1, -0.05) is 12.1 Å². The van der Waals surface area contributed by atoms with E-state index in [1.807, 2.05) is 18.2 Å². The van der Waals surface area contributed by atoms with Gasteiger partial charge in [0.1, 0.15) is 0 Å². The smallest absolute Gasteiger partial charge is 0.243 e. The van der Waals surface area contributed by atoms with Gasteiger partial charge < -0.3 is 0 Å². The SMILES string of the molecule is O=C(CCCCc1nc2ccccc2s1)NO. The molecule has 0 radical (unpaired) electrons. The number of benzene rings is 1. The van der Waals surface area contributed by atoms with Crippen molar-refractivity contribution in [1.29, 1.82) is 0 Å². The largest absolute Gasteiger partial charge is 0.289 e. The van der Waals surface area contributed by atoms with Crippen molar-refractivity contribution in [2.75, 3.05) is 0 Å². The van der Waals surface area contributed by atoms with Crippen LogP contribution in [0.2, 0.25) is 0 Å². The minimum atomic E-state index is -0.325. The van der Waals surface area contributed by atoms with E-state index in [1.165, 1.54) is 4.70 Å². The number of amides is 1. The number of hydrogen-bond acceptors (Lipinski definition) is 4. The molecular formula is C12H14N2O2S. The number of nitrogens with one attached hydrogen (secondary N) is 1. The van der Waals surface area contributed by atoms with Crippen molar-refractivity contribution >= 4 is 27.5 Å². The van der Waals surface area contributed by atoms with Crippen LogP contribution in [0.5, 0.6) is 0 Å². The number of hydrogen-bond donors (Lipinski definition) is 2. The summed E-state index contributed by atoms with van der Waals surface area (Å²) in [5.41, 5.74) is 2.68. The van der Waals surface area contributed by atoms with Crippen molar-refractivity contribution < 1.29 is 10.0 Å². The molecular weight excluding hydrogens is 236 g/mol. The lowest BCUT2D eigenvalue weighted by Gasteiger charge is -1.97. The number of hydroxylamine groups is 1. The Morgan fingerprint density at radius 3 is 2.94 bits per heavy atom. The Balaban J connectivity index is 1.85. The first-order valence-corrected chi connectivity index (χ1v) is 6.38. The summed E-state index contributed by atoms with van der Waals surface area (Å²) in [6.45, 7) is 0. The molecule has 2 rings (SSSR count). The van der Waals surface area contributed by atoms with Crippen molar-refractivity contribution in [1.82, 2.24) is 10.5 Å². The van der Waals surface area contributed by atoms with Gasteiger partial charge in [-0.25, -0.2) is 10.5 Å². The average molecular weight is 250 g/mol. The van der Waals surface area contributed by atoms with Crippen molar-refractivity contribution in [3.8, 4) is 0 Å². The molecule has 17 heavy (non-hydrogen) atoms. The highest BCUT2D eigenvalue weighted by molar-refractivity contribution is 7.18. The minimum absolute atomic E-state index is 0.325. The molecule has 0 fully saturated rings. The Hall–Kier alpha value is -1.46. The van der Waals surface area contributed by atoms with E-state index >= 15 is 0 Å². The van der Waals surface area contributed by atoms with Crippen LogP contribution in [0.4, 0.5) is 0 Å². The summed E-state index contributed by atoms with van der Waals surface area (Å²) in [6.07, 6.45) is 2.93. The van der Waals surface area contributed by atoms with E-state index < -0.39 is 0 Å². The zero-order chi connectivity index (χ0) is 12.1. The predicted octanol–water partition coefficient (Wildman–Crippen LogP) is 2.51. The molecule has 0 atom stereocenters. The molecule has 1 amide bonds. The van der Waals surface area contributed by atoms with Crippen LogP contribution in [0.15, 0.2) is 24.3 Å². The molecule has 0 spiro atoms. The van der Waals surface area contributed by atoms with Gasteiger partial charge in [-0.15, -0.1) is 11.3 Å². The maximum Gasteiger partial charge on any atom is 0.243 e. The molecule has 0 aliphatic heterocycles. The van der Waals surface area contributed by atoms with Crippen molar-refractivity contribution in [2.45, 2.75) is 25.7 Å². The predicted molar refractivity (Wildman–Crippen MR) is 67.1 cm³/mol. The number of aromatic nitrogens is 1. The van der Waals surface area contributed by atoms with Gasteiger partial charge in [-0.05, 0) is 31.4 Å². The van der Waals surface area contributed by atoms with Crippen molar-refractivity contribution in [2.24, 2.45) is 0 Å². The highest BCUT2D eigenvalue weighted by Crippen LogP contribution is 2.22. The summed E-state index contributed by atoms with van der Waals surface area (Å²) in [4.78, 5) is 15.3. The van der Waals surface area contributed by atoms with Crippen molar-refractivity contribution in [3.05, 3.63) is 29.3 Å². The highest BCUT2D eigenvalue weighted by atomic mass is 32.1. The van der Waals surface area contributed by atoms with Crippen LogP contribution in [0.1, 0.15) is 24.3 Å². The minimum Gasteiger partial charge on any atom is -0.289 e. The summed E-state index contributed by atoms with van der Waals surface area (Å²) < 4.78 is 1.20. The zero-order valence-corrected chi connectivity index (χ0v) is 10.2. The molecule has 0 aliphatic rings. The number of para-hydroxylation sites is 1. The quantitative estimate of drug-likeness (QED) is 0.487. The molecule has 1 aromatic carbocycles. The molecule has 5 heteroatoms. The van der Waals surface area contributed by atoms with Crippen LogP contribution in [-0.4, -0.2) is 16.1 Å². The lowest BCUT2D eigenvalue weighted by Crippen LogP contribution is -2.17. The summed E-state index contributed by atoms with van der Waals surface area (Å²) >= 11 is 1.70. The second-order valence-corrected chi connectivity index (χ2v) is 4.93. The molecule has 4 nitrogen and oxygen atoms in total. The standard InChI is InChI=1S/C12H14N2O2S/c15-11(14-16)7-3-4-8-12-13-9-5-1-2-6-10(9)17-12/h1-2,5-6,16H,3-4,7-8H2,(H,14,15). The molecule has 2 N–H and O–H groups in total. The fourth-order valence-electron chi connectivity index (χ4n) is 1.64. The number of thiazole rings is 1. The zero-order valence-electron chi connectivity index (χ0n) is 9.35. The fraction of sp³-hybridized carbons (Fsp3) is 0.333. The first-order valence-electron chi connectivity index (χ1n) is 5.57. The second kappa shape index (κ2) is 5.75. The number of nitrogens with zero attached hydrogens (tertiary/aromatic N) is 1. The van der Waals surface area contributed by atoms with Crippen LogP contribution in [0.3, 0.4) is 0 Å². The van der Waals surface area contributed by atoms with Gasteiger partial charge in [0.05, 0.1) is 15.2 Å². The van der Waals surface area contributed by atoms with E-state index in [2.05, 4.69) is 11.1 Å². The molecule has 0 bridgehead atoms. The molecule has 0 aliphatic carbocycles. The van der Waals surface area contributed by atoms with E-state index in [1.54, 1.807) is 16.8 Å². The van der Waals surface area contributed by atoms with Gasteiger partial charge in [0, 0.05) is 6.42 Å². The van der Waals surface area contributed by atoms with E-state index in [0.29, 0.717) is 6.42 Å². The van der Waals surface area contributed by atoms with Gasteiger partial charge in [0.2, 0.25) is 5.91 Å². The van der Waals surface area contributed by atoms with Crippen molar-refractivity contribution in [3.63, 3.8) is 0 Å².